The normalized spacial score (nSPS) is 14.7. The molecule has 0 aliphatic rings. The first-order valence-corrected chi connectivity index (χ1v) is 3.77. The van der Waals surface area contributed by atoms with Crippen molar-refractivity contribution < 1.29 is 9.53 Å². The molecular weight excluding hydrogens is 140 g/mol. The van der Waals surface area contributed by atoms with E-state index in [1.54, 1.807) is 13.8 Å². The largest absolute Gasteiger partial charge is 0.446 e. The number of ether oxygens (including phenoxy) is 1. The summed E-state index contributed by atoms with van der Waals surface area (Å²) in [5.41, 5.74) is -0.715. The monoisotopic (exact) mass is 154 g/mol. The lowest BCUT2D eigenvalue weighted by Gasteiger charge is -2.21. The third kappa shape index (κ3) is 3.08. The van der Waals surface area contributed by atoms with Gasteiger partial charge in [-0.15, -0.1) is 6.42 Å². The molecule has 62 valence electrons. The van der Waals surface area contributed by atoms with Crippen molar-refractivity contribution in [3.63, 3.8) is 0 Å². The zero-order valence-electron chi connectivity index (χ0n) is 7.31. The van der Waals surface area contributed by atoms with Gasteiger partial charge in [-0.05, 0) is 13.3 Å². The van der Waals surface area contributed by atoms with Crippen LogP contribution in [0.15, 0.2) is 0 Å². The van der Waals surface area contributed by atoms with Crippen LogP contribution in [0.4, 0.5) is 0 Å². The zero-order valence-corrected chi connectivity index (χ0v) is 7.31. The summed E-state index contributed by atoms with van der Waals surface area (Å²) in [4.78, 5) is 10.8. The van der Waals surface area contributed by atoms with Crippen LogP contribution in [0.25, 0.3) is 0 Å². The van der Waals surface area contributed by atoms with E-state index >= 15 is 0 Å². The molecular formula is C9H14O2. The first-order valence-electron chi connectivity index (χ1n) is 3.77. The van der Waals surface area contributed by atoms with E-state index in [9.17, 15) is 4.79 Å². The van der Waals surface area contributed by atoms with Crippen molar-refractivity contribution in [3.05, 3.63) is 0 Å². The molecule has 0 fully saturated rings. The minimum absolute atomic E-state index is 0.243. The number of carbonyl (C=O) groups is 1. The summed E-state index contributed by atoms with van der Waals surface area (Å²) in [6, 6.07) is 0. The highest BCUT2D eigenvalue weighted by molar-refractivity contribution is 5.69. The second-order valence-corrected chi connectivity index (χ2v) is 2.56. The maximum absolute atomic E-state index is 10.8. The van der Waals surface area contributed by atoms with Crippen LogP contribution in [-0.2, 0) is 9.53 Å². The van der Waals surface area contributed by atoms with Gasteiger partial charge < -0.3 is 4.74 Å². The van der Waals surface area contributed by atoms with Crippen LogP contribution in [-0.4, -0.2) is 11.6 Å². The van der Waals surface area contributed by atoms with E-state index in [0.717, 1.165) is 0 Å². The molecule has 0 radical (unpaired) electrons. The van der Waals surface area contributed by atoms with Crippen LogP contribution >= 0.6 is 0 Å². The van der Waals surface area contributed by atoms with Crippen LogP contribution in [0.1, 0.15) is 33.6 Å². The predicted octanol–water partition coefficient (Wildman–Crippen LogP) is 1.74. The molecule has 0 aliphatic carbocycles. The summed E-state index contributed by atoms with van der Waals surface area (Å²) in [7, 11) is 0. The molecule has 0 bridgehead atoms. The van der Waals surface area contributed by atoms with Crippen molar-refractivity contribution >= 4 is 5.97 Å². The highest BCUT2D eigenvalue weighted by atomic mass is 16.6. The van der Waals surface area contributed by atoms with Gasteiger partial charge >= 0.3 is 5.97 Å². The van der Waals surface area contributed by atoms with E-state index in [1.807, 2.05) is 6.92 Å². The van der Waals surface area contributed by atoms with Crippen molar-refractivity contribution in [3.8, 4) is 12.3 Å². The van der Waals surface area contributed by atoms with E-state index < -0.39 is 5.60 Å². The number of rotatable bonds is 3. The first kappa shape index (κ1) is 10.0. The summed E-state index contributed by atoms with van der Waals surface area (Å²) < 4.78 is 5.01. The first-order chi connectivity index (χ1) is 5.08. The molecule has 0 aromatic heterocycles. The average Bonchev–Trinajstić information content (AvgIpc) is 2.04. The van der Waals surface area contributed by atoms with E-state index in [1.165, 1.54) is 0 Å². The molecule has 2 nitrogen and oxygen atoms in total. The van der Waals surface area contributed by atoms with Gasteiger partial charge in [-0.2, -0.15) is 0 Å². The smallest absolute Gasteiger partial charge is 0.307 e. The highest BCUT2D eigenvalue weighted by Gasteiger charge is 2.22. The third-order valence-corrected chi connectivity index (χ3v) is 1.61. The Morgan fingerprint density at radius 1 is 1.64 bits per heavy atom. The Kier molecular flexibility index (Phi) is 3.67. The van der Waals surface area contributed by atoms with Crippen LogP contribution < -0.4 is 0 Å². The highest BCUT2D eigenvalue weighted by Crippen LogP contribution is 2.14. The zero-order chi connectivity index (χ0) is 8.91. The van der Waals surface area contributed by atoms with Crippen molar-refractivity contribution in [2.75, 3.05) is 0 Å². The molecule has 0 aliphatic heterocycles. The van der Waals surface area contributed by atoms with Gasteiger partial charge in [0.15, 0.2) is 5.60 Å². The number of hydrogen-bond acceptors (Lipinski definition) is 2. The summed E-state index contributed by atoms with van der Waals surface area (Å²) in [5, 5.41) is 0. The summed E-state index contributed by atoms with van der Waals surface area (Å²) in [6.07, 6.45) is 6.21. The Morgan fingerprint density at radius 2 is 2.18 bits per heavy atom. The second kappa shape index (κ2) is 4.02. The topological polar surface area (TPSA) is 26.3 Å². The number of esters is 1. The fourth-order valence-corrected chi connectivity index (χ4v) is 0.527. The van der Waals surface area contributed by atoms with Gasteiger partial charge in [0, 0.05) is 6.42 Å². The SMILES string of the molecule is C#CC(C)(CC)OC(=O)CC. The van der Waals surface area contributed by atoms with Crippen LogP contribution in [0.2, 0.25) is 0 Å². The van der Waals surface area contributed by atoms with Gasteiger partial charge in [0.05, 0.1) is 0 Å². The summed E-state index contributed by atoms with van der Waals surface area (Å²) >= 11 is 0. The molecule has 0 heterocycles. The van der Waals surface area contributed by atoms with Crippen LogP contribution in [0.3, 0.4) is 0 Å². The lowest BCUT2D eigenvalue weighted by molar-refractivity contribution is -0.152. The average molecular weight is 154 g/mol. The van der Waals surface area contributed by atoms with Crippen LogP contribution in [0.5, 0.6) is 0 Å². The van der Waals surface area contributed by atoms with Crippen molar-refractivity contribution in [1.29, 1.82) is 0 Å². The Bertz CT molecular complexity index is 178. The lowest BCUT2D eigenvalue weighted by Crippen LogP contribution is -2.28. The van der Waals surface area contributed by atoms with Gasteiger partial charge in [-0.25, -0.2) is 0 Å². The Morgan fingerprint density at radius 3 is 2.45 bits per heavy atom. The Balaban J connectivity index is 4.11. The molecule has 1 unspecified atom stereocenters. The molecule has 0 amide bonds. The van der Waals surface area contributed by atoms with Crippen molar-refractivity contribution in [1.82, 2.24) is 0 Å². The van der Waals surface area contributed by atoms with E-state index in [2.05, 4.69) is 5.92 Å². The van der Waals surface area contributed by atoms with Gasteiger partial charge in [0.25, 0.3) is 0 Å². The fraction of sp³-hybridized carbons (Fsp3) is 0.667. The van der Waals surface area contributed by atoms with E-state index in [4.69, 9.17) is 11.2 Å². The maximum atomic E-state index is 10.8. The number of carbonyl (C=O) groups excluding carboxylic acids is 1. The Labute approximate surface area is 67.9 Å². The standard InChI is InChI=1S/C9H14O2/c1-5-8(10)11-9(4,6-2)7-3/h2H,5,7H2,1,3-4H3. The van der Waals surface area contributed by atoms with E-state index in [-0.39, 0.29) is 5.97 Å². The molecule has 1 atom stereocenters. The molecule has 11 heavy (non-hydrogen) atoms. The predicted molar refractivity (Wildman–Crippen MR) is 43.9 cm³/mol. The molecule has 0 spiro atoms. The minimum atomic E-state index is -0.715. The van der Waals surface area contributed by atoms with Gasteiger partial charge in [0.1, 0.15) is 0 Å². The molecule has 0 saturated heterocycles. The third-order valence-electron chi connectivity index (χ3n) is 1.61. The molecule has 0 aromatic carbocycles. The van der Waals surface area contributed by atoms with Crippen LogP contribution in [0, 0.1) is 12.3 Å². The van der Waals surface area contributed by atoms with E-state index in [0.29, 0.717) is 12.8 Å². The number of terminal acetylenes is 1. The van der Waals surface area contributed by atoms with Crippen molar-refractivity contribution in [2.24, 2.45) is 0 Å². The van der Waals surface area contributed by atoms with Gasteiger partial charge in [-0.3, -0.25) is 4.79 Å². The number of hydrogen-bond donors (Lipinski definition) is 0. The molecule has 2 heteroatoms. The minimum Gasteiger partial charge on any atom is -0.446 e. The summed E-state index contributed by atoms with van der Waals surface area (Å²) in [6.45, 7) is 5.37. The Hall–Kier alpha value is -0.970. The summed E-state index contributed by atoms with van der Waals surface area (Å²) in [5.74, 6) is 2.21. The lowest BCUT2D eigenvalue weighted by atomic mass is 10.1. The molecule has 0 N–H and O–H groups in total. The fourth-order valence-electron chi connectivity index (χ4n) is 0.527. The quantitative estimate of drug-likeness (QED) is 0.457. The molecule has 0 aromatic rings. The van der Waals surface area contributed by atoms with Crippen molar-refractivity contribution in [2.45, 2.75) is 39.2 Å². The molecule has 0 saturated carbocycles. The maximum Gasteiger partial charge on any atom is 0.307 e. The molecule has 0 rings (SSSR count). The van der Waals surface area contributed by atoms with Gasteiger partial charge in [-0.1, -0.05) is 19.8 Å². The van der Waals surface area contributed by atoms with Gasteiger partial charge in [0.2, 0.25) is 0 Å². The second-order valence-electron chi connectivity index (χ2n) is 2.56.